The lowest BCUT2D eigenvalue weighted by Crippen LogP contribution is -2.37. The molecule has 174 valence electrons. The Hall–Kier alpha value is -2.68. The summed E-state index contributed by atoms with van der Waals surface area (Å²) in [6.45, 7) is 7.22. The molecule has 2 heterocycles. The van der Waals surface area contributed by atoms with E-state index < -0.39 is 28.8 Å². The fraction of sp³-hybridized carbons (Fsp3) is 0.522. The van der Waals surface area contributed by atoms with Crippen LogP contribution in [0.25, 0.3) is 11.4 Å². The van der Waals surface area contributed by atoms with E-state index in [1.54, 1.807) is 4.57 Å². The van der Waals surface area contributed by atoms with E-state index in [1.165, 1.54) is 7.05 Å². The van der Waals surface area contributed by atoms with Gasteiger partial charge in [0.2, 0.25) is 5.91 Å². The molecule has 0 aliphatic carbocycles. The van der Waals surface area contributed by atoms with E-state index in [-0.39, 0.29) is 35.2 Å². The lowest BCUT2D eigenvalue weighted by molar-refractivity contribution is -0.127. The van der Waals surface area contributed by atoms with Gasteiger partial charge >= 0.3 is 0 Å². The average Bonchev–Trinajstić information content (AvgIpc) is 2.93. The second-order valence-electron chi connectivity index (χ2n) is 9.38. The van der Waals surface area contributed by atoms with Crippen molar-refractivity contribution in [2.24, 2.45) is 11.3 Å². The minimum absolute atomic E-state index is 0.0728. The molecule has 1 N–H and O–H groups in total. The van der Waals surface area contributed by atoms with Gasteiger partial charge in [0.25, 0.3) is 0 Å². The summed E-state index contributed by atoms with van der Waals surface area (Å²) in [5, 5.41) is 2.61. The van der Waals surface area contributed by atoms with Crippen molar-refractivity contribution in [2.45, 2.75) is 46.7 Å². The summed E-state index contributed by atoms with van der Waals surface area (Å²) in [4.78, 5) is 32.2. The zero-order valence-corrected chi connectivity index (χ0v) is 19.1. The van der Waals surface area contributed by atoms with E-state index in [4.69, 9.17) is 0 Å². The van der Waals surface area contributed by atoms with Crippen LogP contribution in [0.2, 0.25) is 0 Å². The van der Waals surface area contributed by atoms with E-state index in [2.05, 4.69) is 10.3 Å². The van der Waals surface area contributed by atoms with E-state index in [9.17, 15) is 22.8 Å². The van der Waals surface area contributed by atoms with Gasteiger partial charge in [-0.2, -0.15) is 0 Å². The third kappa shape index (κ3) is 4.72. The van der Waals surface area contributed by atoms with Gasteiger partial charge in [0.15, 0.2) is 17.4 Å². The number of rotatable bonds is 5. The molecule has 0 spiro atoms. The molecule has 1 atom stereocenters. The SMILES string of the molecule is CNC(=O)[C@@H](CC(=O)c1nc(-c2cc(F)c(F)cc2F)n2c1CN(C)CCC2)C(C)(C)C. The van der Waals surface area contributed by atoms with Gasteiger partial charge in [-0.1, -0.05) is 20.8 Å². The number of nitrogens with one attached hydrogen (secondary N) is 1. The van der Waals surface area contributed by atoms with Crippen LogP contribution in [0.15, 0.2) is 12.1 Å². The van der Waals surface area contributed by atoms with E-state index >= 15 is 0 Å². The molecule has 1 aromatic carbocycles. The molecule has 1 aliphatic heterocycles. The van der Waals surface area contributed by atoms with Crippen molar-refractivity contribution in [3.63, 3.8) is 0 Å². The smallest absolute Gasteiger partial charge is 0.223 e. The summed E-state index contributed by atoms with van der Waals surface area (Å²) in [5.74, 6) is -4.53. The topological polar surface area (TPSA) is 67.2 Å². The number of carbonyl (C=O) groups is 2. The quantitative estimate of drug-likeness (QED) is 0.556. The van der Waals surface area contributed by atoms with E-state index in [0.29, 0.717) is 31.3 Å². The fourth-order valence-corrected chi connectivity index (χ4v) is 4.09. The van der Waals surface area contributed by atoms with Crippen molar-refractivity contribution in [1.82, 2.24) is 19.8 Å². The van der Waals surface area contributed by atoms with Crippen molar-refractivity contribution >= 4 is 11.7 Å². The monoisotopic (exact) mass is 450 g/mol. The van der Waals surface area contributed by atoms with Crippen LogP contribution in [0.1, 0.15) is 49.8 Å². The van der Waals surface area contributed by atoms with Gasteiger partial charge in [0.1, 0.15) is 17.3 Å². The highest BCUT2D eigenvalue weighted by atomic mass is 19.2. The predicted molar refractivity (Wildman–Crippen MR) is 114 cm³/mol. The Kier molecular flexibility index (Phi) is 6.78. The molecule has 0 saturated heterocycles. The first-order valence-corrected chi connectivity index (χ1v) is 10.6. The number of ketones is 1. The third-order valence-corrected chi connectivity index (χ3v) is 5.93. The Morgan fingerprint density at radius 2 is 1.78 bits per heavy atom. The molecule has 0 bridgehead atoms. The number of hydrogen-bond donors (Lipinski definition) is 1. The zero-order chi connectivity index (χ0) is 23.8. The Balaban J connectivity index is 2.12. The van der Waals surface area contributed by atoms with Crippen LogP contribution in [0, 0.1) is 28.8 Å². The van der Waals surface area contributed by atoms with Crippen molar-refractivity contribution in [3.05, 3.63) is 41.0 Å². The van der Waals surface area contributed by atoms with Gasteiger partial charge in [-0.15, -0.1) is 0 Å². The number of halogens is 3. The molecular formula is C23H29F3N4O2. The van der Waals surface area contributed by atoms with Crippen molar-refractivity contribution in [1.29, 1.82) is 0 Å². The molecule has 0 saturated carbocycles. The van der Waals surface area contributed by atoms with Crippen LogP contribution in [0.3, 0.4) is 0 Å². The highest BCUT2D eigenvalue weighted by molar-refractivity contribution is 5.98. The molecule has 1 aliphatic rings. The summed E-state index contributed by atoms with van der Waals surface area (Å²) in [6.07, 6.45) is 0.644. The lowest BCUT2D eigenvalue weighted by atomic mass is 9.77. The third-order valence-electron chi connectivity index (χ3n) is 5.93. The number of fused-ring (bicyclic) bond motifs is 1. The number of imidazole rings is 1. The molecule has 0 fully saturated rings. The number of nitrogens with zero attached hydrogens (tertiary/aromatic N) is 3. The lowest BCUT2D eigenvalue weighted by Gasteiger charge is -2.28. The van der Waals surface area contributed by atoms with Gasteiger partial charge in [-0.25, -0.2) is 18.2 Å². The van der Waals surface area contributed by atoms with Crippen LogP contribution < -0.4 is 5.32 Å². The van der Waals surface area contributed by atoms with E-state index in [1.807, 2.05) is 32.7 Å². The number of carbonyl (C=O) groups excluding carboxylic acids is 2. The van der Waals surface area contributed by atoms with Gasteiger partial charge in [-0.05, 0) is 31.5 Å². The van der Waals surface area contributed by atoms with Crippen LogP contribution in [0.4, 0.5) is 13.2 Å². The van der Waals surface area contributed by atoms with Crippen LogP contribution in [-0.2, 0) is 17.9 Å². The molecule has 2 aromatic rings. The summed E-state index contributed by atoms with van der Waals surface area (Å²) >= 11 is 0. The number of aromatic nitrogens is 2. The molecule has 3 rings (SSSR count). The first-order valence-electron chi connectivity index (χ1n) is 10.6. The van der Waals surface area contributed by atoms with Crippen LogP contribution in [0.5, 0.6) is 0 Å². The molecule has 0 unspecified atom stereocenters. The Labute approximate surface area is 185 Å². The minimum atomic E-state index is -1.29. The maximum absolute atomic E-state index is 14.6. The normalized spacial score (nSPS) is 15.8. The van der Waals surface area contributed by atoms with Gasteiger partial charge < -0.3 is 14.8 Å². The maximum atomic E-state index is 14.6. The summed E-state index contributed by atoms with van der Waals surface area (Å²) in [7, 11) is 3.42. The van der Waals surface area contributed by atoms with Crippen molar-refractivity contribution in [2.75, 3.05) is 20.6 Å². The largest absolute Gasteiger partial charge is 0.359 e. The molecular weight excluding hydrogens is 421 g/mol. The molecule has 9 heteroatoms. The standard InChI is InChI=1S/C23H29F3N4O2/c1-23(2,3)14(22(32)27-4)10-19(31)20-18-12-29(5)7-6-8-30(18)21(28-20)13-9-16(25)17(26)11-15(13)24/h9,11,14H,6-8,10,12H2,1-5H3,(H,27,32)/t14-/m1/s1. The average molecular weight is 451 g/mol. The second-order valence-corrected chi connectivity index (χ2v) is 9.38. The Bertz CT molecular complexity index is 1040. The van der Waals surface area contributed by atoms with Crippen LogP contribution >= 0.6 is 0 Å². The first kappa shape index (κ1) is 24.0. The Morgan fingerprint density at radius 3 is 2.41 bits per heavy atom. The van der Waals surface area contributed by atoms with Gasteiger partial charge in [0, 0.05) is 32.6 Å². The zero-order valence-electron chi connectivity index (χ0n) is 19.1. The van der Waals surface area contributed by atoms with Crippen LogP contribution in [-0.4, -0.2) is 46.8 Å². The van der Waals surface area contributed by atoms with Crippen molar-refractivity contribution < 1.29 is 22.8 Å². The first-order chi connectivity index (χ1) is 14.9. The predicted octanol–water partition coefficient (Wildman–Crippen LogP) is 3.78. The number of Topliss-reactive ketones (excluding diaryl/α,β-unsaturated/α-hetero) is 1. The van der Waals surface area contributed by atoms with Crippen molar-refractivity contribution in [3.8, 4) is 11.4 Å². The van der Waals surface area contributed by atoms with E-state index in [0.717, 1.165) is 12.6 Å². The minimum Gasteiger partial charge on any atom is -0.359 e. The summed E-state index contributed by atoms with van der Waals surface area (Å²) < 4.78 is 43.7. The Morgan fingerprint density at radius 1 is 1.12 bits per heavy atom. The summed E-state index contributed by atoms with van der Waals surface area (Å²) in [5.41, 5.74) is 0.0419. The number of amides is 1. The summed E-state index contributed by atoms with van der Waals surface area (Å²) in [6, 6.07) is 1.25. The highest BCUT2D eigenvalue weighted by Crippen LogP contribution is 2.33. The number of hydrogen-bond acceptors (Lipinski definition) is 4. The molecule has 32 heavy (non-hydrogen) atoms. The molecule has 6 nitrogen and oxygen atoms in total. The molecule has 1 amide bonds. The molecule has 1 aromatic heterocycles. The number of benzene rings is 1. The highest BCUT2D eigenvalue weighted by Gasteiger charge is 2.35. The fourth-order valence-electron chi connectivity index (χ4n) is 4.09. The van der Waals surface area contributed by atoms with Gasteiger partial charge in [0.05, 0.1) is 17.2 Å². The molecule has 0 radical (unpaired) electrons. The second kappa shape index (κ2) is 9.05. The van der Waals surface area contributed by atoms with Gasteiger partial charge in [-0.3, -0.25) is 9.59 Å². The maximum Gasteiger partial charge on any atom is 0.223 e.